The number of aliphatic hydroxyl groups is 1. The third-order valence-electron chi connectivity index (χ3n) is 5.17. The first kappa shape index (κ1) is 19.5. The number of hydrogen-bond acceptors (Lipinski definition) is 4. The number of benzene rings is 1. The van der Waals surface area contributed by atoms with Crippen molar-refractivity contribution in [2.24, 2.45) is 0 Å². The van der Waals surface area contributed by atoms with Gasteiger partial charge in [-0.1, -0.05) is 44.2 Å². The zero-order valence-corrected chi connectivity index (χ0v) is 16.2. The van der Waals surface area contributed by atoms with E-state index in [1.54, 1.807) is 11.1 Å². The topological polar surface area (TPSA) is 65.5 Å². The number of aromatic nitrogens is 1. The summed E-state index contributed by atoms with van der Waals surface area (Å²) in [6, 6.07) is 14.1. The van der Waals surface area contributed by atoms with E-state index in [2.05, 4.69) is 48.4 Å². The van der Waals surface area contributed by atoms with Crippen LogP contribution in [0.15, 0.2) is 48.7 Å². The number of nitrogens with zero attached hydrogens (tertiary/aromatic N) is 2. The van der Waals surface area contributed by atoms with Crippen molar-refractivity contribution >= 4 is 5.91 Å². The third kappa shape index (κ3) is 4.93. The van der Waals surface area contributed by atoms with Crippen molar-refractivity contribution in [2.45, 2.75) is 51.3 Å². The van der Waals surface area contributed by atoms with Gasteiger partial charge < -0.3 is 15.3 Å². The summed E-state index contributed by atoms with van der Waals surface area (Å²) in [5, 5.41) is 14.1. The highest BCUT2D eigenvalue weighted by atomic mass is 16.3. The van der Waals surface area contributed by atoms with E-state index in [1.165, 1.54) is 5.56 Å². The van der Waals surface area contributed by atoms with Crippen LogP contribution in [0.5, 0.6) is 0 Å². The number of carbonyl (C=O) groups excluding carboxylic acids is 1. The Balaban J connectivity index is 1.58. The largest absolute Gasteiger partial charge is 0.379 e. The van der Waals surface area contributed by atoms with Crippen LogP contribution in [-0.4, -0.2) is 39.6 Å². The Bertz CT molecular complexity index is 746. The van der Waals surface area contributed by atoms with E-state index in [1.807, 2.05) is 18.2 Å². The maximum atomic E-state index is 12.9. The molecule has 0 aliphatic carbocycles. The second kappa shape index (κ2) is 8.63. The Kier molecular flexibility index (Phi) is 6.24. The number of hydrogen-bond donors (Lipinski definition) is 2. The van der Waals surface area contributed by atoms with Gasteiger partial charge in [-0.3, -0.25) is 9.78 Å². The van der Waals surface area contributed by atoms with Gasteiger partial charge in [-0.05, 0) is 42.0 Å². The number of nitrogens with one attached hydrogen (secondary N) is 1. The van der Waals surface area contributed by atoms with Gasteiger partial charge in [0.15, 0.2) is 5.60 Å². The van der Waals surface area contributed by atoms with Crippen LogP contribution in [0, 0.1) is 0 Å². The lowest BCUT2D eigenvalue weighted by molar-refractivity contribution is -0.157. The molecule has 27 heavy (non-hydrogen) atoms. The van der Waals surface area contributed by atoms with Crippen molar-refractivity contribution in [3.8, 4) is 0 Å². The van der Waals surface area contributed by atoms with Crippen molar-refractivity contribution in [2.75, 3.05) is 13.1 Å². The second-order valence-corrected chi connectivity index (χ2v) is 7.68. The van der Waals surface area contributed by atoms with Crippen molar-refractivity contribution in [3.63, 3.8) is 0 Å². The minimum absolute atomic E-state index is 0.185. The lowest BCUT2D eigenvalue weighted by atomic mass is 9.91. The lowest BCUT2D eigenvalue weighted by Gasteiger charge is -2.38. The molecule has 1 aliphatic heterocycles. The van der Waals surface area contributed by atoms with E-state index in [4.69, 9.17) is 0 Å². The van der Waals surface area contributed by atoms with E-state index >= 15 is 0 Å². The van der Waals surface area contributed by atoms with Crippen LogP contribution >= 0.6 is 0 Å². The summed E-state index contributed by atoms with van der Waals surface area (Å²) in [6.45, 7) is 6.34. The molecule has 5 nitrogen and oxygen atoms in total. The highest BCUT2D eigenvalue weighted by Gasteiger charge is 2.41. The van der Waals surface area contributed by atoms with E-state index in [0.717, 1.165) is 17.7 Å². The fourth-order valence-electron chi connectivity index (χ4n) is 3.51. The molecule has 1 fully saturated rings. The molecular weight excluding hydrogens is 338 g/mol. The summed E-state index contributed by atoms with van der Waals surface area (Å²) in [4.78, 5) is 18.9. The van der Waals surface area contributed by atoms with Gasteiger partial charge in [0.1, 0.15) is 0 Å². The molecule has 2 N–H and O–H groups in total. The molecule has 1 atom stereocenters. The van der Waals surface area contributed by atoms with Gasteiger partial charge in [-0.25, -0.2) is 0 Å². The Morgan fingerprint density at radius 1 is 1.22 bits per heavy atom. The summed E-state index contributed by atoms with van der Waals surface area (Å²) < 4.78 is 0. The van der Waals surface area contributed by atoms with Gasteiger partial charge in [0.05, 0.1) is 5.69 Å². The fourth-order valence-corrected chi connectivity index (χ4v) is 3.51. The van der Waals surface area contributed by atoms with Crippen molar-refractivity contribution in [3.05, 3.63) is 65.5 Å². The highest BCUT2D eigenvalue weighted by Crippen LogP contribution is 2.24. The smallest absolute Gasteiger partial charge is 0.256 e. The van der Waals surface area contributed by atoms with Crippen LogP contribution in [0.25, 0.3) is 0 Å². The number of likely N-dealkylation sites (tertiary alicyclic amines) is 1. The number of amides is 1. The quantitative estimate of drug-likeness (QED) is 0.790. The Morgan fingerprint density at radius 3 is 2.67 bits per heavy atom. The summed E-state index contributed by atoms with van der Waals surface area (Å²) in [7, 11) is 0. The summed E-state index contributed by atoms with van der Waals surface area (Å²) in [5.74, 6) is 0.307. The summed E-state index contributed by atoms with van der Waals surface area (Å²) in [6.07, 6.45) is 3.03. The first-order valence-electron chi connectivity index (χ1n) is 9.69. The second-order valence-electron chi connectivity index (χ2n) is 7.68. The van der Waals surface area contributed by atoms with Crippen LogP contribution in [0.3, 0.4) is 0 Å². The summed E-state index contributed by atoms with van der Waals surface area (Å²) in [5.41, 5.74) is 1.94. The van der Waals surface area contributed by atoms with Crippen molar-refractivity contribution < 1.29 is 9.90 Å². The zero-order valence-electron chi connectivity index (χ0n) is 16.2. The van der Waals surface area contributed by atoms with Crippen LogP contribution in [-0.2, 0) is 17.9 Å². The van der Waals surface area contributed by atoms with Gasteiger partial charge in [0, 0.05) is 32.4 Å². The minimum Gasteiger partial charge on any atom is -0.379 e. The molecule has 1 saturated heterocycles. The maximum Gasteiger partial charge on any atom is 0.256 e. The maximum absolute atomic E-state index is 12.9. The average molecular weight is 367 g/mol. The first-order chi connectivity index (χ1) is 13.0. The predicted octanol–water partition coefficient (Wildman–Crippen LogP) is 2.85. The van der Waals surface area contributed by atoms with Gasteiger partial charge in [0.2, 0.25) is 0 Å². The van der Waals surface area contributed by atoms with E-state index in [-0.39, 0.29) is 12.5 Å². The summed E-state index contributed by atoms with van der Waals surface area (Å²) >= 11 is 0. The van der Waals surface area contributed by atoms with Gasteiger partial charge in [0.25, 0.3) is 5.91 Å². The fraction of sp³-hybridized carbons (Fsp3) is 0.455. The highest BCUT2D eigenvalue weighted by molar-refractivity contribution is 5.86. The zero-order chi connectivity index (χ0) is 19.3. The van der Waals surface area contributed by atoms with E-state index in [0.29, 0.717) is 32.0 Å². The van der Waals surface area contributed by atoms with Crippen LogP contribution in [0.1, 0.15) is 49.4 Å². The number of carbonyl (C=O) groups is 1. The van der Waals surface area contributed by atoms with E-state index in [9.17, 15) is 9.90 Å². The Morgan fingerprint density at radius 2 is 2.00 bits per heavy atom. The molecule has 1 aromatic carbocycles. The van der Waals surface area contributed by atoms with Gasteiger partial charge >= 0.3 is 0 Å². The van der Waals surface area contributed by atoms with Crippen LogP contribution in [0.2, 0.25) is 0 Å². The molecule has 1 aliphatic rings. The SMILES string of the molecule is CC(C)c1ccc(CN2CCC[C@](O)(CNCc3ccccn3)C2=O)cc1. The average Bonchev–Trinajstić information content (AvgIpc) is 2.67. The molecule has 144 valence electrons. The monoisotopic (exact) mass is 367 g/mol. The standard InChI is InChI=1S/C22H29N3O2/c1-17(2)19-9-7-18(8-10-19)15-25-13-5-11-22(27,21(25)26)16-23-14-20-6-3-4-12-24-20/h3-4,6-10,12,17,23,27H,5,11,13-16H2,1-2H3/t22-/m0/s1. The van der Waals surface area contributed by atoms with Crippen molar-refractivity contribution in [1.29, 1.82) is 0 Å². The molecule has 3 rings (SSSR count). The molecule has 1 amide bonds. The van der Waals surface area contributed by atoms with Crippen LogP contribution < -0.4 is 5.32 Å². The number of pyridine rings is 1. The number of piperidine rings is 1. The molecule has 0 saturated carbocycles. The molecule has 2 aromatic rings. The predicted molar refractivity (Wildman–Crippen MR) is 106 cm³/mol. The molecule has 5 heteroatoms. The Labute approximate surface area is 161 Å². The van der Waals surface area contributed by atoms with Crippen molar-refractivity contribution in [1.82, 2.24) is 15.2 Å². The van der Waals surface area contributed by atoms with Gasteiger partial charge in [-0.15, -0.1) is 0 Å². The first-order valence-corrected chi connectivity index (χ1v) is 9.69. The molecule has 0 unspecified atom stereocenters. The van der Waals surface area contributed by atoms with Gasteiger partial charge in [-0.2, -0.15) is 0 Å². The minimum atomic E-state index is -1.34. The molecule has 2 heterocycles. The van der Waals surface area contributed by atoms with Crippen LogP contribution in [0.4, 0.5) is 0 Å². The third-order valence-corrected chi connectivity index (χ3v) is 5.17. The molecule has 0 spiro atoms. The number of rotatable bonds is 7. The molecule has 0 radical (unpaired) electrons. The normalized spacial score (nSPS) is 20.3. The lowest BCUT2D eigenvalue weighted by Crippen LogP contribution is -2.57. The Hall–Kier alpha value is -2.24. The molecule has 1 aromatic heterocycles. The molecular formula is C22H29N3O2. The molecule has 0 bridgehead atoms. The van der Waals surface area contributed by atoms with E-state index < -0.39 is 5.60 Å².